The van der Waals surface area contributed by atoms with Gasteiger partial charge >= 0.3 is 5.97 Å². The largest absolute Gasteiger partial charge is 0.462 e. The molecule has 1 fully saturated rings. The third-order valence-corrected chi connectivity index (χ3v) is 7.10. The molecule has 1 N–H and O–H groups in total. The van der Waals surface area contributed by atoms with Crippen LogP contribution in [0.3, 0.4) is 0 Å². The van der Waals surface area contributed by atoms with Gasteiger partial charge in [0.1, 0.15) is 11.6 Å². The van der Waals surface area contributed by atoms with E-state index in [-0.39, 0.29) is 17.7 Å². The van der Waals surface area contributed by atoms with E-state index in [1.165, 1.54) is 11.6 Å². The number of halogens is 1. The lowest BCUT2D eigenvalue weighted by molar-refractivity contribution is 0.0526. The van der Waals surface area contributed by atoms with Crippen molar-refractivity contribution < 1.29 is 13.9 Å². The summed E-state index contributed by atoms with van der Waals surface area (Å²) in [4.78, 5) is 24.7. The van der Waals surface area contributed by atoms with Gasteiger partial charge in [0, 0.05) is 17.5 Å². The maximum Gasteiger partial charge on any atom is 0.338 e. The van der Waals surface area contributed by atoms with Gasteiger partial charge < -0.3 is 9.72 Å². The quantitative estimate of drug-likeness (QED) is 0.356. The normalized spacial score (nSPS) is 19.6. The highest BCUT2D eigenvalue weighted by molar-refractivity contribution is 5.93. The molecule has 0 spiro atoms. The van der Waals surface area contributed by atoms with Crippen LogP contribution in [0, 0.1) is 11.7 Å². The second-order valence-electron chi connectivity index (χ2n) is 9.04. The number of pyridine rings is 1. The summed E-state index contributed by atoms with van der Waals surface area (Å²) >= 11 is 0. The van der Waals surface area contributed by atoms with E-state index in [1.54, 1.807) is 31.2 Å². The van der Waals surface area contributed by atoms with Gasteiger partial charge in [0.25, 0.3) is 0 Å². The molecule has 0 bridgehead atoms. The van der Waals surface area contributed by atoms with Crippen molar-refractivity contribution in [1.82, 2.24) is 15.0 Å². The summed E-state index contributed by atoms with van der Waals surface area (Å²) in [6.45, 7) is 4.38. The number of hydrogen-bond donors (Lipinski definition) is 1. The summed E-state index contributed by atoms with van der Waals surface area (Å²) in [5, 5.41) is 0.934. The minimum absolute atomic E-state index is 0.213. The molecule has 4 aromatic rings. The van der Waals surface area contributed by atoms with E-state index in [9.17, 15) is 9.18 Å². The summed E-state index contributed by atoms with van der Waals surface area (Å²) in [5.41, 5.74) is 4.32. The maximum atomic E-state index is 13.9. The number of esters is 1. The first kappa shape index (κ1) is 21.6. The highest BCUT2D eigenvalue weighted by Gasteiger charge is 2.29. The Kier molecular flexibility index (Phi) is 5.83. The molecule has 0 unspecified atom stereocenters. The van der Waals surface area contributed by atoms with Crippen LogP contribution in [0.1, 0.15) is 73.1 Å². The summed E-state index contributed by atoms with van der Waals surface area (Å²) in [7, 11) is 0. The van der Waals surface area contributed by atoms with Gasteiger partial charge in [-0.05, 0) is 92.5 Å². The zero-order chi connectivity index (χ0) is 22.9. The first-order chi connectivity index (χ1) is 16.0. The smallest absolute Gasteiger partial charge is 0.338 e. The van der Waals surface area contributed by atoms with Crippen LogP contribution in [-0.2, 0) is 4.74 Å². The predicted molar refractivity (Wildman–Crippen MR) is 127 cm³/mol. The molecule has 0 aliphatic heterocycles. The van der Waals surface area contributed by atoms with Gasteiger partial charge in [0.2, 0.25) is 0 Å². The first-order valence-electron chi connectivity index (χ1n) is 11.7. The average molecular weight is 446 g/mol. The Morgan fingerprint density at radius 1 is 1.12 bits per heavy atom. The van der Waals surface area contributed by atoms with Crippen LogP contribution in [0.4, 0.5) is 4.39 Å². The molecule has 2 heterocycles. The average Bonchev–Trinajstić information content (AvgIpc) is 3.27. The lowest BCUT2D eigenvalue weighted by Crippen LogP contribution is -2.19. The van der Waals surface area contributed by atoms with Crippen molar-refractivity contribution in [2.75, 3.05) is 6.61 Å². The van der Waals surface area contributed by atoms with Gasteiger partial charge in [0.15, 0.2) is 0 Å². The van der Waals surface area contributed by atoms with E-state index in [0.29, 0.717) is 24.0 Å². The Morgan fingerprint density at radius 2 is 1.94 bits per heavy atom. The number of H-pyrrole nitrogens is 1. The van der Waals surface area contributed by atoms with Crippen molar-refractivity contribution in [3.63, 3.8) is 0 Å². The molecule has 5 nitrogen and oxygen atoms in total. The van der Waals surface area contributed by atoms with Gasteiger partial charge in [-0.2, -0.15) is 0 Å². The molecule has 2 aromatic carbocycles. The van der Waals surface area contributed by atoms with Gasteiger partial charge in [-0.1, -0.05) is 6.92 Å². The number of imidazole rings is 1. The topological polar surface area (TPSA) is 67.9 Å². The zero-order valence-corrected chi connectivity index (χ0v) is 19.0. The van der Waals surface area contributed by atoms with E-state index >= 15 is 0 Å². The number of nitrogens with one attached hydrogen (secondary N) is 1. The van der Waals surface area contributed by atoms with Crippen LogP contribution in [0.25, 0.3) is 21.9 Å². The van der Waals surface area contributed by atoms with Gasteiger partial charge in [0.05, 0.1) is 28.7 Å². The molecule has 0 radical (unpaired) electrons. The Morgan fingerprint density at radius 3 is 2.73 bits per heavy atom. The number of hydrogen-bond acceptors (Lipinski definition) is 4. The molecule has 5 rings (SSSR count). The molecule has 1 aliphatic rings. The Labute approximate surface area is 192 Å². The van der Waals surface area contributed by atoms with Crippen molar-refractivity contribution in [3.8, 4) is 0 Å². The fourth-order valence-electron chi connectivity index (χ4n) is 5.23. The highest BCUT2D eigenvalue weighted by atomic mass is 19.1. The zero-order valence-electron chi connectivity index (χ0n) is 19.0. The summed E-state index contributed by atoms with van der Waals surface area (Å²) < 4.78 is 19.0. The molecule has 2 aromatic heterocycles. The van der Waals surface area contributed by atoms with Crippen LogP contribution in [0.15, 0.2) is 48.7 Å². The number of benzene rings is 2. The first-order valence-corrected chi connectivity index (χ1v) is 11.7. The molecule has 1 aliphatic carbocycles. The van der Waals surface area contributed by atoms with Crippen molar-refractivity contribution in [3.05, 3.63) is 71.4 Å². The Balaban J connectivity index is 1.31. The number of fused-ring (bicyclic) bond motifs is 2. The van der Waals surface area contributed by atoms with Crippen molar-refractivity contribution in [2.24, 2.45) is 5.92 Å². The molecule has 1 saturated carbocycles. The van der Waals surface area contributed by atoms with E-state index < -0.39 is 0 Å². The Bertz CT molecular complexity index is 1310. The number of ether oxygens (including phenoxy) is 1. The number of rotatable bonds is 5. The molecule has 0 saturated heterocycles. The number of carbonyl (C=O) groups excluding carboxylic acids is 1. The SMILES string of the molecule is CCOC(=O)c1ccc2[nH]c([C@H](C)[C@H]3CC[C@@H](c4ccnc5ccc(F)cc54)CC3)nc2c1. The second kappa shape index (κ2) is 8.93. The molecule has 1 atom stereocenters. The summed E-state index contributed by atoms with van der Waals surface area (Å²) in [6, 6.07) is 12.4. The van der Waals surface area contributed by atoms with Crippen LogP contribution < -0.4 is 0 Å². The fourth-order valence-corrected chi connectivity index (χ4v) is 5.23. The molecular formula is C27H28FN3O2. The van der Waals surface area contributed by atoms with Gasteiger partial charge in [-0.15, -0.1) is 0 Å². The monoisotopic (exact) mass is 445 g/mol. The van der Waals surface area contributed by atoms with Crippen LogP contribution >= 0.6 is 0 Å². The van der Waals surface area contributed by atoms with E-state index in [4.69, 9.17) is 9.72 Å². The molecule has 33 heavy (non-hydrogen) atoms. The summed E-state index contributed by atoms with van der Waals surface area (Å²) in [6.07, 6.45) is 6.16. The molecular weight excluding hydrogens is 417 g/mol. The molecule has 0 amide bonds. The van der Waals surface area contributed by atoms with Crippen molar-refractivity contribution >= 4 is 27.9 Å². The minimum atomic E-state index is -0.321. The van der Waals surface area contributed by atoms with Crippen LogP contribution in [-0.4, -0.2) is 27.5 Å². The summed E-state index contributed by atoms with van der Waals surface area (Å²) in [5.74, 6) is 1.66. The van der Waals surface area contributed by atoms with Gasteiger partial charge in [-0.25, -0.2) is 14.2 Å². The number of nitrogens with zero attached hydrogens (tertiary/aromatic N) is 2. The van der Waals surface area contributed by atoms with Crippen LogP contribution in [0.5, 0.6) is 0 Å². The third-order valence-electron chi connectivity index (χ3n) is 7.10. The lowest BCUT2D eigenvalue weighted by Gasteiger charge is -2.32. The lowest BCUT2D eigenvalue weighted by atomic mass is 9.73. The number of carbonyl (C=O) groups is 1. The molecule has 170 valence electrons. The fraction of sp³-hybridized carbons (Fsp3) is 0.370. The Hall–Kier alpha value is -3.28. The minimum Gasteiger partial charge on any atom is -0.462 e. The highest BCUT2D eigenvalue weighted by Crippen LogP contribution is 2.43. The van der Waals surface area contributed by atoms with E-state index in [1.807, 2.05) is 12.3 Å². The maximum absolute atomic E-state index is 13.9. The third kappa shape index (κ3) is 4.22. The van der Waals surface area contributed by atoms with E-state index in [2.05, 4.69) is 23.0 Å². The van der Waals surface area contributed by atoms with Crippen LogP contribution in [0.2, 0.25) is 0 Å². The number of aromatic amines is 1. The molecule has 6 heteroatoms. The van der Waals surface area contributed by atoms with Gasteiger partial charge in [-0.3, -0.25) is 4.98 Å². The second-order valence-corrected chi connectivity index (χ2v) is 9.04. The van der Waals surface area contributed by atoms with Crippen molar-refractivity contribution in [1.29, 1.82) is 0 Å². The van der Waals surface area contributed by atoms with Crippen molar-refractivity contribution in [2.45, 2.75) is 51.4 Å². The van der Waals surface area contributed by atoms with E-state index in [0.717, 1.165) is 53.4 Å². The predicted octanol–water partition coefficient (Wildman–Crippen LogP) is 6.50. The number of aromatic nitrogens is 3. The standard InChI is InChI=1S/C27H28FN3O2/c1-3-33-27(32)19-8-10-24-25(14-19)31-26(30-24)16(2)17-4-6-18(7-5-17)21-12-13-29-23-11-9-20(28)15-22(21)23/h8-18H,3-7H2,1-2H3,(H,30,31)/t16-,17-,18+/m1/s1.